The largest absolute Gasteiger partial charge is 0.480 e. The lowest BCUT2D eigenvalue weighted by Crippen LogP contribution is -2.49. The van der Waals surface area contributed by atoms with Crippen LogP contribution in [0.25, 0.3) is 0 Å². The van der Waals surface area contributed by atoms with Gasteiger partial charge in [0, 0.05) is 5.69 Å². The van der Waals surface area contributed by atoms with Gasteiger partial charge in [0.15, 0.2) is 0 Å². The molecule has 0 aromatic heterocycles. The summed E-state index contributed by atoms with van der Waals surface area (Å²) in [6.07, 6.45) is 0.242. The molecule has 0 saturated carbocycles. The Morgan fingerprint density at radius 3 is 1.73 bits per heavy atom. The molecule has 0 aliphatic heterocycles. The number of rotatable bonds is 11. The molecular formula is C25H24N2O6. The third-order valence-corrected chi connectivity index (χ3v) is 5.11. The molecule has 0 aliphatic carbocycles. The Labute approximate surface area is 190 Å². The number of carbonyl (C=O) groups is 3. The highest BCUT2D eigenvalue weighted by Gasteiger charge is 2.26. The molecule has 3 aromatic carbocycles. The SMILES string of the molecule is O=C(O)c1ccccc1Nc1ccc(C[C@H](NC(Cc2ccccc2)C(=O)O)C(=O)O)cc1. The van der Waals surface area contributed by atoms with Crippen LogP contribution in [-0.4, -0.2) is 45.3 Å². The molecule has 170 valence electrons. The molecule has 2 atom stereocenters. The second-order valence-corrected chi connectivity index (χ2v) is 7.51. The predicted octanol–water partition coefficient (Wildman–Crippen LogP) is 3.41. The zero-order valence-electron chi connectivity index (χ0n) is 17.6. The van der Waals surface area contributed by atoms with Crippen LogP contribution >= 0.6 is 0 Å². The van der Waals surface area contributed by atoms with Crippen molar-refractivity contribution in [3.63, 3.8) is 0 Å². The maximum Gasteiger partial charge on any atom is 0.337 e. The number of anilines is 2. The summed E-state index contributed by atoms with van der Waals surface area (Å²) in [4.78, 5) is 34.9. The molecule has 33 heavy (non-hydrogen) atoms. The highest BCUT2D eigenvalue weighted by atomic mass is 16.4. The number of benzene rings is 3. The van der Waals surface area contributed by atoms with Gasteiger partial charge < -0.3 is 20.6 Å². The molecule has 1 unspecified atom stereocenters. The highest BCUT2D eigenvalue weighted by Crippen LogP contribution is 2.21. The van der Waals surface area contributed by atoms with Gasteiger partial charge in [-0.15, -0.1) is 0 Å². The van der Waals surface area contributed by atoms with Crippen molar-refractivity contribution in [3.05, 3.63) is 95.6 Å². The first-order valence-electron chi connectivity index (χ1n) is 10.3. The molecule has 3 rings (SSSR count). The van der Waals surface area contributed by atoms with Gasteiger partial charge in [-0.3, -0.25) is 14.9 Å². The molecule has 3 aromatic rings. The summed E-state index contributed by atoms with van der Waals surface area (Å²) in [6.45, 7) is 0. The number of hydrogen-bond acceptors (Lipinski definition) is 5. The summed E-state index contributed by atoms with van der Waals surface area (Å²) in [5.41, 5.74) is 2.69. The van der Waals surface area contributed by atoms with Crippen LogP contribution in [0.4, 0.5) is 11.4 Å². The van der Waals surface area contributed by atoms with Gasteiger partial charge in [0.05, 0.1) is 11.3 Å². The molecule has 0 spiro atoms. The van der Waals surface area contributed by atoms with E-state index in [-0.39, 0.29) is 18.4 Å². The van der Waals surface area contributed by atoms with Gasteiger partial charge in [0.25, 0.3) is 0 Å². The lowest BCUT2D eigenvalue weighted by atomic mass is 10.0. The predicted molar refractivity (Wildman–Crippen MR) is 123 cm³/mol. The standard InChI is InChI=1S/C25H24N2O6/c28-23(29)19-8-4-5-9-20(19)26-18-12-10-17(11-13-18)15-22(25(32)33)27-21(24(30)31)14-16-6-2-1-3-7-16/h1-13,21-22,26-27H,14-15H2,(H,28,29)(H,30,31)(H,32,33)/t21?,22-/m0/s1. The third-order valence-electron chi connectivity index (χ3n) is 5.11. The molecule has 0 aliphatic rings. The minimum Gasteiger partial charge on any atom is -0.480 e. The van der Waals surface area contributed by atoms with Crippen LogP contribution < -0.4 is 10.6 Å². The van der Waals surface area contributed by atoms with Crippen molar-refractivity contribution in [2.24, 2.45) is 0 Å². The van der Waals surface area contributed by atoms with E-state index in [0.29, 0.717) is 16.9 Å². The Balaban J connectivity index is 1.69. The quantitative estimate of drug-likeness (QED) is 0.301. The first-order chi connectivity index (χ1) is 15.8. The Morgan fingerprint density at radius 2 is 1.18 bits per heavy atom. The topological polar surface area (TPSA) is 136 Å². The van der Waals surface area contributed by atoms with Crippen LogP contribution in [0.5, 0.6) is 0 Å². The van der Waals surface area contributed by atoms with Gasteiger partial charge in [-0.25, -0.2) is 4.79 Å². The van der Waals surface area contributed by atoms with E-state index in [1.165, 1.54) is 6.07 Å². The van der Waals surface area contributed by atoms with Gasteiger partial charge in [-0.05, 0) is 48.2 Å². The summed E-state index contributed by atoms with van der Waals surface area (Å²) in [6, 6.07) is 20.2. The Hall–Kier alpha value is -4.17. The van der Waals surface area contributed by atoms with E-state index in [1.54, 1.807) is 66.7 Å². The summed E-state index contributed by atoms with van der Waals surface area (Å²) in [5.74, 6) is -3.32. The van der Waals surface area contributed by atoms with Crippen LogP contribution in [0.3, 0.4) is 0 Å². The average molecular weight is 448 g/mol. The maximum absolute atomic E-state index is 11.8. The molecule has 8 heteroatoms. The Bertz CT molecular complexity index is 1120. The van der Waals surface area contributed by atoms with Gasteiger partial charge in [-0.1, -0.05) is 54.6 Å². The van der Waals surface area contributed by atoms with Crippen molar-refractivity contribution in [1.29, 1.82) is 0 Å². The van der Waals surface area contributed by atoms with E-state index in [2.05, 4.69) is 10.6 Å². The lowest BCUT2D eigenvalue weighted by Gasteiger charge is -2.21. The van der Waals surface area contributed by atoms with Crippen molar-refractivity contribution in [2.45, 2.75) is 24.9 Å². The minimum absolute atomic E-state index is 0.0832. The molecule has 0 heterocycles. The molecule has 0 saturated heterocycles. The van der Waals surface area contributed by atoms with E-state index in [1.807, 2.05) is 6.07 Å². The number of hydrogen-bond donors (Lipinski definition) is 5. The smallest absolute Gasteiger partial charge is 0.337 e. The van der Waals surface area contributed by atoms with Crippen LogP contribution in [0.1, 0.15) is 21.5 Å². The van der Waals surface area contributed by atoms with E-state index < -0.39 is 30.0 Å². The fraction of sp³-hybridized carbons (Fsp3) is 0.160. The summed E-state index contributed by atoms with van der Waals surface area (Å²) in [5, 5.41) is 34.3. The Kier molecular flexibility index (Phi) is 7.77. The number of aromatic carboxylic acids is 1. The second kappa shape index (κ2) is 10.9. The zero-order chi connectivity index (χ0) is 23.8. The second-order valence-electron chi connectivity index (χ2n) is 7.51. The van der Waals surface area contributed by atoms with Crippen molar-refractivity contribution in [2.75, 3.05) is 5.32 Å². The normalized spacial score (nSPS) is 12.5. The van der Waals surface area contributed by atoms with Gasteiger partial charge in [0.1, 0.15) is 12.1 Å². The highest BCUT2D eigenvalue weighted by molar-refractivity contribution is 5.95. The zero-order valence-corrected chi connectivity index (χ0v) is 17.6. The minimum atomic E-state index is -1.15. The first-order valence-corrected chi connectivity index (χ1v) is 10.3. The van der Waals surface area contributed by atoms with E-state index in [0.717, 1.165) is 5.56 Å². The lowest BCUT2D eigenvalue weighted by molar-refractivity contribution is -0.142. The maximum atomic E-state index is 11.8. The summed E-state index contributed by atoms with van der Waals surface area (Å²) >= 11 is 0. The fourth-order valence-electron chi connectivity index (χ4n) is 3.42. The first kappa shape index (κ1) is 23.5. The summed E-state index contributed by atoms with van der Waals surface area (Å²) < 4.78 is 0. The fourth-order valence-corrected chi connectivity index (χ4v) is 3.42. The number of nitrogens with one attached hydrogen (secondary N) is 2. The third kappa shape index (κ3) is 6.65. The average Bonchev–Trinajstić information content (AvgIpc) is 2.80. The number of aliphatic carboxylic acids is 2. The monoisotopic (exact) mass is 448 g/mol. The van der Waals surface area contributed by atoms with E-state index in [9.17, 15) is 29.7 Å². The van der Waals surface area contributed by atoms with Crippen molar-refractivity contribution in [3.8, 4) is 0 Å². The van der Waals surface area contributed by atoms with E-state index in [4.69, 9.17) is 0 Å². The van der Waals surface area contributed by atoms with Crippen molar-refractivity contribution >= 4 is 29.3 Å². The van der Waals surface area contributed by atoms with Crippen LogP contribution in [0.2, 0.25) is 0 Å². The van der Waals surface area contributed by atoms with E-state index >= 15 is 0 Å². The molecule has 8 nitrogen and oxygen atoms in total. The van der Waals surface area contributed by atoms with Gasteiger partial charge in [0.2, 0.25) is 0 Å². The van der Waals surface area contributed by atoms with Crippen molar-refractivity contribution < 1.29 is 29.7 Å². The molecule has 0 radical (unpaired) electrons. The van der Waals surface area contributed by atoms with Crippen molar-refractivity contribution in [1.82, 2.24) is 5.32 Å². The number of carboxylic acid groups (broad SMARTS) is 3. The summed E-state index contributed by atoms with van der Waals surface area (Å²) in [7, 11) is 0. The number of para-hydroxylation sites is 1. The molecule has 5 N–H and O–H groups in total. The molecule has 0 amide bonds. The van der Waals surface area contributed by atoms with Crippen LogP contribution in [0, 0.1) is 0 Å². The molecule has 0 fully saturated rings. The van der Waals surface area contributed by atoms with Gasteiger partial charge in [-0.2, -0.15) is 0 Å². The molecule has 0 bridgehead atoms. The molecular weight excluding hydrogens is 424 g/mol. The number of carboxylic acids is 3. The van der Waals surface area contributed by atoms with Gasteiger partial charge >= 0.3 is 17.9 Å². The Morgan fingerprint density at radius 1 is 0.667 bits per heavy atom. The van der Waals surface area contributed by atoms with Crippen LogP contribution in [-0.2, 0) is 22.4 Å². The van der Waals surface area contributed by atoms with Crippen LogP contribution in [0.15, 0.2) is 78.9 Å².